The number of unbranched alkanes of at least 4 members (excludes halogenated alkanes) is 1. The lowest BCUT2D eigenvalue weighted by atomic mass is 10.2. The summed E-state index contributed by atoms with van der Waals surface area (Å²) >= 11 is 0. The van der Waals surface area contributed by atoms with E-state index in [1.54, 1.807) is 17.0 Å². The van der Waals surface area contributed by atoms with Crippen LogP contribution in [0.2, 0.25) is 0 Å². The Labute approximate surface area is 221 Å². The molecule has 2 aromatic rings. The summed E-state index contributed by atoms with van der Waals surface area (Å²) in [6.07, 6.45) is 0.716. The lowest BCUT2D eigenvalue weighted by molar-refractivity contribution is -0.384. The number of nitrogens with zero attached hydrogens (tertiary/aromatic N) is 3. The van der Waals surface area contributed by atoms with Crippen LogP contribution in [0.4, 0.5) is 21.0 Å². The van der Waals surface area contributed by atoms with Gasteiger partial charge in [-0.05, 0) is 18.1 Å². The molecular weight excluding hydrogens is 494 g/mol. The fraction of sp³-hybridized carbons (Fsp3) is 0.423. The number of benzene rings is 2. The highest BCUT2D eigenvalue weighted by Crippen LogP contribution is 2.22. The van der Waals surface area contributed by atoms with Crippen LogP contribution in [0.5, 0.6) is 0 Å². The smallest absolute Gasteiger partial charge is 0.408 e. The number of rotatable bonds is 11. The van der Waals surface area contributed by atoms with Gasteiger partial charge in [0.2, 0.25) is 0 Å². The molecule has 1 aliphatic heterocycles. The maximum absolute atomic E-state index is 12.8. The van der Waals surface area contributed by atoms with E-state index in [2.05, 4.69) is 10.6 Å². The first-order chi connectivity index (χ1) is 18.4. The van der Waals surface area contributed by atoms with Crippen molar-refractivity contribution in [2.45, 2.75) is 32.4 Å². The van der Waals surface area contributed by atoms with E-state index < -0.39 is 29.1 Å². The number of nitrogens with one attached hydrogen (secondary N) is 2. The van der Waals surface area contributed by atoms with Crippen molar-refractivity contribution in [1.82, 2.24) is 15.5 Å². The summed E-state index contributed by atoms with van der Waals surface area (Å²) in [6.45, 7) is 3.77. The molecule has 2 aromatic carbocycles. The SMILES string of the molecule is CCCCOC(=O)[C@H](CNC(=O)N1CCN(c2cccc([N+](=O)[O-])c2)CC1)NC(=O)OCc1ccccc1. The molecule has 1 fully saturated rings. The van der Waals surface area contributed by atoms with Crippen LogP contribution >= 0.6 is 0 Å². The second kappa shape index (κ2) is 14.4. The van der Waals surface area contributed by atoms with Gasteiger partial charge in [-0.2, -0.15) is 0 Å². The number of hydrogen-bond acceptors (Lipinski definition) is 8. The van der Waals surface area contributed by atoms with Crippen molar-refractivity contribution in [3.63, 3.8) is 0 Å². The van der Waals surface area contributed by atoms with Crippen LogP contribution in [-0.2, 0) is 20.9 Å². The number of carbonyl (C=O) groups is 3. The number of esters is 1. The molecule has 38 heavy (non-hydrogen) atoms. The number of urea groups is 1. The van der Waals surface area contributed by atoms with Gasteiger partial charge >= 0.3 is 18.1 Å². The molecule has 1 atom stereocenters. The van der Waals surface area contributed by atoms with Crippen molar-refractivity contribution in [3.05, 3.63) is 70.3 Å². The molecule has 1 heterocycles. The number of nitro groups is 1. The third-order valence-electron chi connectivity index (χ3n) is 5.96. The zero-order chi connectivity index (χ0) is 27.3. The molecule has 3 rings (SSSR count). The van der Waals surface area contributed by atoms with Gasteiger partial charge in [0.1, 0.15) is 12.6 Å². The maximum Gasteiger partial charge on any atom is 0.408 e. The highest BCUT2D eigenvalue weighted by molar-refractivity contribution is 5.83. The van der Waals surface area contributed by atoms with Gasteiger partial charge in [-0.15, -0.1) is 0 Å². The molecule has 0 spiro atoms. The van der Waals surface area contributed by atoms with E-state index in [4.69, 9.17) is 9.47 Å². The molecule has 0 radical (unpaired) electrons. The van der Waals surface area contributed by atoms with Crippen molar-refractivity contribution in [2.75, 3.05) is 44.2 Å². The third kappa shape index (κ3) is 8.64. The van der Waals surface area contributed by atoms with Crippen LogP contribution in [0, 0.1) is 10.1 Å². The average Bonchev–Trinajstić information content (AvgIpc) is 2.94. The summed E-state index contributed by atoms with van der Waals surface area (Å²) in [5.41, 5.74) is 1.52. The Kier molecular flexibility index (Phi) is 10.7. The van der Waals surface area contributed by atoms with Gasteiger partial charge in [-0.3, -0.25) is 10.1 Å². The van der Waals surface area contributed by atoms with Crippen LogP contribution in [0.1, 0.15) is 25.3 Å². The Hall–Kier alpha value is -4.35. The van der Waals surface area contributed by atoms with E-state index in [9.17, 15) is 24.5 Å². The molecule has 2 N–H and O–H groups in total. The van der Waals surface area contributed by atoms with Crippen molar-refractivity contribution in [2.24, 2.45) is 0 Å². The van der Waals surface area contributed by atoms with Crippen LogP contribution < -0.4 is 15.5 Å². The number of hydrogen-bond donors (Lipinski definition) is 2. The molecule has 12 nitrogen and oxygen atoms in total. The van der Waals surface area contributed by atoms with Gasteiger partial charge < -0.3 is 29.9 Å². The van der Waals surface area contributed by atoms with Crippen LogP contribution in [0.3, 0.4) is 0 Å². The lowest BCUT2D eigenvalue weighted by Crippen LogP contribution is -2.55. The molecule has 0 saturated carbocycles. The molecule has 204 valence electrons. The Balaban J connectivity index is 1.51. The highest BCUT2D eigenvalue weighted by Gasteiger charge is 2.27. The van der Waals surface area contributed by atoms with Crippen molar-refractivity contribution in [3.8, 4) is 0 Å². The summed E-state index contributed by atoms with van der Waals surface area (Å²) in [4.78, 5) is 51.9. The zero-order valence-electron chi connectivity index (χ0n) is 21.3. The molecular formula is C26H33N5O7. The zero-order valence-corrected chi connectivity index (χ0v) is 21.3. The number of ether oxygens (including phenoxy) is 2. The molecule has 0 aromatic heterocycles. The Morgan fingerprint density at radius 3 is 2.45 bits per heavy atom. The minimum atomic E-state index is -1.12. The summed E-state index contributed by atoms with van der Waals surface area (Å²) in [7, 11) is 0. The lowest BCUT2D eigenvalue weighted by Gasteiger charge is -2.36. The molecule has 0 aliphatic carbocycles. The molecule has 1 aliphatic rings. The highest BCUT2D eigenvalue weighted by atomic mass is 16.6. The Morgan fingerprint density at radius 2 is 1.76 bits per heavy atom. The minimum Gasteiger partial charge on any atom is -0.464 e. The van der Waals surface area contributed by atoms with E-state index in [0.717, 1.165) is 12.0 Å². The van der Waals surface area contributed by atoms with E-state index in [1.165, 1.54) is 12.1 Å². The fourth-order valence-corrected chi connectivity index (χ4v) is 3.79. The van der Waals surface area contributed by atoms with Crippen LogP contribution in [-0.4, -0.2) is 73.3 Å². The van der Waals surface area contributed by atoms with Gasteiger partial charge in [-0.25, -0.2) is 14.4 Å². The number of alkyl carbamates (subject to hydrolysis) is 1. The van der Waals surface area contributed by atoms with Gasteiger partial charge in [0.15, 0.2) is 0 Å². The molecule has 0 bridgehead atoms. The molecule has 0 unspecified atom stereocenters. The van der Waals surface area contributed by atoms with Crippen molar-refractivity contribution in [1.29, 1.82) is 0 Å². The normalized spacial score (nSPS) is 13.8. The third-order valence-corrected chi connectivity index (χ3v) is 5.96. The molecule has 12 heteroatoms. The average molecular weight is 528 g/mol. The Bertz CT molecular complexity index is 1090. The number of anilines is 1. The summed E-state index contributed by atoms with van der Waals surface area (Å²) in [6, 6.07) is 14.0. The summed E-state index contributed by atoms with van der Waals surface area (Å²) in [5.74, 6) is -0.661. The van der Waals surface area contributed by atoms with Gasteiger partial charge in [0, 0.05) is 44.0 Å². The van der Waals surface area contributed by atoms with E-state index in [0.29, 0.717) is 38.3 Å². The van der Waals surface area contributed by atoms with E-state index in [1.807, 2.05) is 42.2 Å². The first-order valence-corrected chi connectivity index (χ1v) is 12.5. The number of non-ortho nitro benzene ring substituents is 1. The fourth-order valence-electron chi connectivity index (χ4n) is 3.79. The van der Waals surface area contributed by atoms with Crippen LogP contribution in [0.15, 0.2) is 54.6 Å². The second-order valence-corrected chi connectivity index (χ2v) is 8.72. The molecule has 1 saturated heterocycles. The van der Waals surface area contributed by atoms with E-state index >= 15 is 0 Å². The maximum atomic E-state index is 12.8. The number of amides is 3. The summed E-state index contributed by atoms with van der Waals surface area (Å²) in [5, 5.41) is 16.2. The molecule has 3 amide bonds. The van der Waals surface area contributed by atoms with Gasteiger partial charge in [0.05, 0.1) is 18.1 Å². The van der Waals surface area contributed by atoms with Gasteiger partial charge in [0.25, 0.3) is 5.69 Å². The number of nitro benzene ring substituents is 1. The minimum absolute atomic E-state index is 0.00864. The first-order valence-electron chi connectivity index (χ1n) is 12.5. The van der Waals surface area contributed by atoms with E-state index in [-0.39, 0.29) is 25.4 Å². The second-order valence-electron chi connectivity index (χ2n) is 8.72. The number of carbonyl (C=O) groups excluding carboxylic acids is 3. The first kappa shape index (κ1) is 28.2. The largest absolute Gasteiger partial charge is 0.464 e. The van der Waals surface area contributed by atoms with Crippen molar-refractivity contribution >= 4 is 29.5 Å². The quantitative estimate of drug-likeness (QED) is 0.196. The monoisotopic (exact) mass is 527 g/mol. The predicted molar refractivity (Wildman–Crippen MR) is 140 cm³/mol. The van der Waals surface area contributed by atoms with Crippen LogP contribution in [0.25, 0.3) is 0 Å². The standard InChI is InChI=1S/C26H33N5O7/c1-2-3-16-37-24(32)23(28-26(34)38-19-20-8-5-4-6-9-20)18-27-25(33)30-14-12-29(13-15-30)21-10-7-11-22(17-21)31(35)36/h4-11,17,23H,2-3,12-16,18-19H2,1H3,(H,27,33)(H,28,34)/t23-/m0/s1. The topological polar surface area (TPSA) is 143 Å². The van der Waals surface area contributed by atoms with Gasteiger partial charge in [-0.1, -0.05) is 49.7 Å². The van der Waals surface area contributed by atoms with Crippen molar-refractivity contribution < 1.29 is 28.8 Å². The Morgan fingerprint density at radius 1 is 1.03 bits per heavy atom. The summed E-state index contributed by atoms with van der Waals surface area (Å²) < 4.78 is 10.5. The predicted octanol–water partition coefficient (Wildman–Crippen LogP) is 3.06. The number of piperazine rings is 1.